The summed E-state index contributed by atoms with van der Waals surface area (Å²) in [4.78, 5) is 12.6. The molecule has 33 heavy (non-hydrogen) atoms. The van der Waals surface area contributed by atoms with E-state index in [4.69, 9.17) is 51.1 Å². The van der Waals surface area contributed by atoms with Crippen molar-refractivity contribution in [3.63, 3.8) is 0 Å². The molecule has 0 saturated carbocycles. The van der Waals surface area contributed by atoms with Crippen LogP contribution >= 0.6 is 46.4 Å². The number of carbonyl (C=O) groups excluding carboxylic acids is 1. The molecule has 0 aliphatic carbocycles. The van der Waals surface area contributed by atoms with Gasteiger partial charge in [0.05, 0.1) is 21.6 Å². The van der Waals surface area contributed by atoms with Crippen molar-refractivity contribution in [2.75, 3.05) is 5.32 Å². The fourth-order valence-electron chi connectivity index (χ4n) is 3.01. The van der Waals surface area contributed by atoms with Crippen molar-refractivity contribution in [1.82, 2.24) is 19.6 Å². The Morgan fingerprint density at radius 1 is 1.00 bits per heavy atom. The molecule has 7 nitrogen and oxygen atoms in total. The molecule has 0 atom stereocenters. The summed E-state index contributed by atoms with van der Waals surface area (Å²) in [5, 5.41) is 13.1. The molecule has 0 saturated heterocycles. The van der Waals surface area contributed by atoms with Crippen LogP contribution in [0.5, 0.6) is 5.75 Å². The highest BCUT2D eigenvalue weighted by atomic mass is 35.5. The van der Waals surface area contributed by atoms with Crippen LogP contribution in [0.1, 0.15) is 21.7 Å². The maximum atomic E-state index is 12.6. The molecule has 2 aromatic heterocycles. The topological polar surface area (TPSA) is 74.0 Å². The molecule has 4 rings (SSSR count). The molecular weight excluding hydrogens is 508 g/mol. The lowest BCUT2D eigenvalue weighted by Gasteiger charge is -2.08. The molecule has 1 N–H and O–H groups in total. The summed E-state index contributed by atoms with van der Waals surface area (Å²) >= 11 is 24.2. The quantitative estimate of drug-likeness (QED) is 0.306. The standard InChI is InChI=1S/C22H17Cl4N5O2/c1-13-9-20(29-31(13)11-14-5-6-15(23)17(25)10-14)27-22(32)18-7-8-30(28-18)12-33-19-4-2-3-16(24)21(19)26/h2-10H,11-12H2,1H3,(H,27,29,32). The summed E-state index contributed by atoms with van der Waals surface area (Å²) in [6.07, 6.45) is 1.63. The number of nitrogens with one attached hydrogen (secondary N) is 1. The van der Waals surface area contributed by atoms with Crippen LogP contribution in [-0.4, -0.2) is 25.5 Å². The van der Waals surface area contributed by atoms with Gasteiger partial charge in [-0.05, 0) is 42.8 Å². The van der Waals surface area contributed by atoms with E-state index in [-0.39, 0.29) is 12.4 Å². The maximum absolute atomic E-state index is 12.6. The summed E-state index contributed by atoms with van der Waals surface area (Å²) in [5.41, 5.74) is 2.02. The number of rotatable bonds is 7. The van der Waals surface area contributed by atoms with E-state index in [1.165, 1.54) is 4.68 Å². The third-order valence-corrected chi connectivity index (χ3v) is 6.22. The number of hydrogen-bond donors (Lipinski definition) is 1. The van der Waals surface area contributed by atoms with Gasteiger partial charge in [-0.25, -0.2) is 4.68 Å². The Balaban J connectivity index is 1.38. The summed E-state index contributed by atoms with van der Waals surface area (Å²) in [6.45, 7) is 2.44. The minimum atomic E-state index is -0.395. The molecule has 0 fully saturated rings. The first-order valence-corrected chi connectivity index (χ1v) is 11.2. The highest BCUT2D eigenvalue weighted by Gasteiger charge is 2.14. The van der Waals surface area contributed by atoms with Crippen LogP contribution in [0.25, 0.3) is 0 Å². The molecule has 0 spiro atoms. The van der Waals surface area contributed by atoms with Crippen LogP contribution in [0.4, 0.5) is 5.82 Å². The van der Waals surface area contributed by atoms with Crippen molar-refractivity contribution in [1.29, 1.82) is 0 Å². The van der Waals surface area contributed by atoms with Crippen molar-refractivity contribution in [3.8, 4) is 5.75 Å². The molecular formula is C22H17Cl4N5O2. The zero-order valence-electron chi connectivity index (χ0n) is 17.2. The number of aryl methyl sites for hydroxylation is 1. The number of benzene rings is 2. The van der Waals surface area contributed by atoms with Crippen LogP contribution in [-0.2, 0) is 13.3 Å². The predicted octanol–water partition coefficient (Wildman–Crippen LogP) is 6.34. The Morgan fingerprint density at radius 3 is 2.61 bits per heavy atom. The Labute approximate surface area is 209 Å². The molecule has 0 aliphatic heterocycles. The number of amides is 1. The minimum Gasteiger partial charge on any atom is -0.470 e. The maximum Gasteiger partial charge on any atom is 0.277 e. The Kier molecular flexibility index (Phi) is 7.14. The van der Waals surface area contributed by atoms with Crippen molar-refractivity contribution >= 4 is 58.1 Å². The van der Waals surface area contributed by atoms with Gasteiger partial charge in [0.25, 0.3) is 5.91 Å². The van der Waals surface area contributed by atoms with Gasteiger partial charge in [0.15, 0.2) is 18.2 Å². The monoisotopic (exact) mass is 523 g/mol. The number of ether oxygens (including phenoxy) is 1. The molecule has 0 aliphatic rings. The van der Waals surface area contributed by atoms with Gasteiger partial charge < -0.3 is 10.1 Å². The van der Waals surface area contributed by atoms with Gasteiger partial charge in [0.1, 0.15) is 10.8 Å². The molecule has 2 heterocycles. The third kappa shape index (κ3) is 5.62. The van der Waals surface area contributed by atoms with E-state index in [9.17, 15) is 4.79 Å². The summed E-state index contributed by atoms with van der Waals surface area (Å²) in [5.74, 6) is 0.441. The molecule has 2 aromatic carbocycles. The number of hydrogen-bond acceptors (Lipinski definition) is 4. The number of nitrogens with zero attached hydrogens (tertiary/aromatic N) is 4. The molecule has 0 bridgehead atoms. The van der Waals surface area contributed by atoms with Gasteiger partial charge in [-0.2, -0.15) is 10.2 Å². The van der Waals surface area contributed by atoms with Crippen molar-refractivity contribution < 1.29 is 9.53 Å². The number of aromatic nitrogens is 4. The highest BCUT2D eigenvalue weighted by Crippen LogP contribution is 2.31. The smallest absolute Gasteiger partial charge is 0.277 e. The van der Waals surface area contributed by atoms with Crippen molar-refractivity contribution in [2.24, 2.45) is 0 Å². The zero-order valence-corrected chi connectivity index (χ0v) is 20.3. The van der Waals surface area contributed by atoms with Crippen molar-refractivity contribution in [2.45, 2.75) is 20.2 Å². The van der Waals surface area contributed by atoms with Crippen molar-refractivity contribution in [3.05, 3.63) is 91.8 Å². The van der Waals surface area contributed by atoms with E-state index >= 15 is 0 Å². The van der Waals surface area contributed by atoms with Gasteiger partial charge in [0.2, 0.25) is 0 Å². The van der Waals surface area contributed by atoms with E-state index in [0.717, 1.165) is 11.3 Å². The lowest BCUT2D eigenvalue weighted by Crippen LogP contribution is -2.15. The summed E-state index contributed by atoms with van der Waals surface area (Å²) in [6, 6.07) is 13.8. The first-order valence-electron chi connectivity index (χ1n) is 9.70. The van der Waals surface area contributed by atoms with Gasteiger partial charge in [-0.1, -0.05) is 58.5 Å². The highest BCUT2D eigenvalue weighted by molar-refractivity contribution is 6.43. The van der Waals surface area contributed by atoms with Crippen LogP contribution in [0.3, 0.4) is 0 Å². The first kappa shape index (κ1) is 23.4. The Bertz CT molecular complexity index is 1320. The van der Waals surface area contributed by atoms with Gasteiger partial charge in [-0.15, -0.1) is 0 Å². The largest absolute Gasteiger partial charge is 0.470 e. The molecule has 0 unspecified atom stereocenters. The summed E-state index contributed by atoms with van der Waals surface area (Å²) in [7, 11) is 0. The molecule has 11 heteroatoms. The zero-order chi connectivity index (χ0) is 23.5. The van der Waals surface area contributed by atoms with Crippen LogP contribution in [0.15, 0.2) is 54.7 Å². The van der Waals surface area contributed by atoms with E-state index in [0.29, 0.717) is 38.2 Å². The number of anilines is 1. The molecule has 1 amide bonds. The second-order valence-corrected chi connectivity index (χ2v) is 8.70. The van der Waals surface area contributed by atoms with E-state index in [2.05, 4.69) is 15.5 Å². The average molecular weight is 525 g/mol. The van der Waals surface area contributed by atoms with E-state index < -0.39 is 5.91 Å². The molecule has 170 valence electrons. The van der Waals surface area contributed by atoms with E-state index in [1.807, 2.05) is 13.0 Å². The van der Waals surface area contributed by atoms with Gasteiger partial charge in [0, 0.05) is 18.0 Å². The second kappa shape index (κ2) is 10.1. The van der Waals surface area contributed by atoms with Crippen LogP contribution in [0.2, 0.25) is 20.1 Å². The average Bonchev–Trinajstić information content (AvgIpc) is 3.38. The van der Waals surface area contributed by atoms with E-state index in [1.54, 1.807) is 53.3 Å². The normalized spacial score (nSPS) is 10.9. The van der Waals surface area contributed by atoms with Crippen LogP contribution < -0.4 is 10.1 Å². The SMILES string of the molecule is Cc1cc(NC(=O)c2ccn(COc3cccc(Cl)c3Cl)n2)nn1Cc1ccc(Cl)c(Cl)c1. The molecule has 4 aromatic rings. The number of halogens is 4. The van der Waals surface area contributed by atoms with Gasteiger partial charge in [-0.3, -0.25) is 9.48 Å². The lowest BCUT2D eigenvalue weighted by atomic mass is 10.2. The Hall–Kier alpha value is -2.71. The fraction of sp³-hybridized carbons (Fsp3) is 0.136. The first-order chi connectivity index (χ1) is 15.8. The lowest BCUT2D eigenvalue weighted by molar-refractivity contribution is 0.101. The second-order valence-electron chi connectivity index (χ2n) is 7.10. The minimum absolute atomic E-state index is 0.0602. The fourth-order valence-corrected chi connectivity index (χ4v) is 3.68. The molecule has 0 radical (unpaired) electrons. The van der Waals surface area contributed by atoms with Gasteiger partial charge >= 0.3 is 0 Å². The number of carbonyl (C=O) groups is 1. The third-order valence-electron chi connectivity index (χ3n) is 4.68. The predicted molar refractivity (Wildman–Crippen MR) is 130 cm³/mol. The Morgan fingerprint density at radius 2 is 1.82 bits per heavy atom. The van der Waals surface area contributed by atoms with Crippen LogP contribution in [0, 0.1) is 6.92 Å². The summed E-state index contributed by atoms with van der Waals surface area (Å²) < 4.78 is 8.86.